The van der Waals surface area contributed by atoms with E-state index in [0.29, 0.717) is 18.6 Å². The number of nitrogens with zero attached hydrogens (tertiary/aromatic N) is 3. The first-order valence-corrected chi connectivity index (χ1v) is 10.3. The molecule has 9 heteroatoms. The van der Waals surface area contributed by atoms with E-state index in [1.165, 1.54) is 7.11 Å². The van der Waals surface area contributed by atoms with Gasteiger partial charge in [-0.25, -0.2) is 0 Å². The number of methoxy groups -OCH3 is 2. The zero-order chi connectivity index (χ0) is 22.7. The van der Waals surface area contributed by atoms with Crippen molar-refractivity contribution >= 4 is 18.3 Å². The zero-order valence-corrected chi connectivity index (χ0v) is 18.1. The van der Waals surface area contributed by atoms with Crippen LogP contribution in [0.1, 0.15) is 31.2 Å². The van der Waals surface area contributed by atoms with E-state index < -0.39 is 0 Å². The van der Waals surface area contributed by atoms with Crippen LogP contribution in [0, 0.1) is 11.3 Å². The van der Waals surface area contributed by atoms with Crippen LogP contribution in [-0.2, 0) is 19.1 Å². The number of likely N-dealkylation sites (tertiary alicyclic amines) is 1. The predicted octanol–water partition coefficient (Wildman–Crippen LogP) is 0.929. The lowest BCUT2D eigenvalue weighted by Crippen LogP contribution is -2.58. The van der Waals surface area contributed by atoms with Gasteiger partial charge in [0.25, 0.3) is 6.47 Å². The zero-order valence-electron chi connectivity index (χ0n) is 18.1. The summed E-state index contributed by atoms with van der Waals surface area (Å²) < 4.78 is 8.77. The summed E-state index contributed by atoms with van der Waals surface area (Å²) in [4.78, 5) is 36.7. The van der Waals surface area contributed by atoms with Gasteiger partial charge in [0.15, 0.2) is 0 Å². The molecule has 0 bridgehead atoms. The fourth-order valence-corrected chi connectivity index (χ4v) is 3.50. The quantitative estimate of drug-likeness (QED) is 0.707. The first-order chi connectivity index (χ1) is 15.0. The van der Waals surface area contributed by atoms with E-state index in [1.807, 2.05) is 11.0 Å². The lowest BCUT2D eigenvalue weighted by molar-refractivity contribution is -0.143. The van der Waals surface area contributed by atoms with Gasteiger partial charge in [-0.1, -0.05) is 6.07 Å². The largest absolute Gasteiger partial charge is 0.497 e. The highest BCUT2D eigenvalue weighted by molar-refractivity contribution is 5.93. The maximum absolute atomic E-state index is 12.2. The number of nitriles is 1. The van der Waals surface area contributed by atoms with Gasteiger partial charge in [-0.15, -0.1) is 0 Å². The highest BCUT2D eigenvalue weighted by Gasteiger charge is 2.53. The highest BCUT2D eigenvalue weighted by atomic mass is 16.5. The topological polar surface area (TPSA) is 112 Å². The van der Waals surface area contributed by atoms with Gasteiger partial charge in [0, 0.05) is 26.2 Å². The van der Waals surface area contributed by atoms with Crippen molar-refractivity contribution in [2.75, 3.05) is 46.9 Å². The molecule has 0 radical (unpaired) electrons. The van der Waals surface area contributed by atoms with Crippen LogP contribution >= 0.6 is 0 Å². The Morgan fingerprint density at radius 1 is 1.26 bits per heavy atom. The summed E-state index contributed by atoms with van der Waals surface area (Å²) in [7, 11) is 2.89. The molecule has 1 aliphatic carbocycles. The number of piperazine rings is 1. The normalized spacial score (nSPS) is 18.0. The van der Waals surface area contributed by atoms with E-state index in [1.54, 1.807) is 36.3 Å². The van der Waals surface area contributed by atoms with Gasteiger partial charge in [0.1, 0.15) is 5.75 Å². The van der Waals surface area contributed by atoms with Crippen molar-refractivity contribution in [3.8, 4) is 11.8 Å². The first kappa shape index (κ1) is 24.2. The van der Waals surface area contributed by atoms with Crippen molar-refractivity contribution in [3.63, 3.8) is 0 Å². The molecule has 2 aliphatic heterocycles. The third-order valence-corrected chi connectivity index (χ3v) is 5.37. The SMILES string of the molecule is COC=O.COc1cccc(C#N)c1.O=C(CN1CCNC2(CC2)C1=O)N1CCCC1. The average Bonchev–Trinajstić information content (AvgIpc) is 3.36. The second-order valence-electron chi connectivity index (χ2n) is 7.50. The minimum absolute atomic E-state index is 0.119. The predicted molar refractivity (Wildman–Crippen MR) is 113 cm³/mol. The molecule has 2 saturated heterocycles. The monoisotopic (exact) mass is 430 g/mol. The summed E-state index contributed by atoms with van der Waals surface area (Å²) in [5.74, 6) is 0.976. The summed E-state index contributed by atoms with van der Waals surface area (Å²) in [6.07, 6.45) is 4.07. The molecule has 1 N–H and O–H groups in total. The molecule has 0 aromatic heterocycles. The molecule has 3 fully saturated rings. The van der Waals surface area contributed by atoms with E-state index in [4.69, 9.17) is 14.8 Å². The van der Waals surface area contributed by atoms with Gasteiger partial charge < -0.3 is 24.6 Å². The van der Waals surface area contributed by atoms with Gasteiger partial charge in [0.2, 0.25) is 11.8 Å². The van der Waals surface area contributed by atoms with Crippen molar-refractivity contribution in [2.24, 2.45) is 0 Å². The Morgan fingerprint density at radius 2 is 1.94 bits per heavy atom. The number of hydrogen-bond donors (Lipinski definition) is 1. The summed E-state index contributed by atoms with van der Waals surface area (Å²) >= 11 is 0. The molecule has 4 rings (SSSR count). The van der Waals surface area contributed by atoms with Crippen LogP contribution in [-0.4, -0.2) is 80.6 Å². The van der Waals surface area contributed by atoms with Crippen LogP contribution < -0.4 is 10.1 Å². The van der Waals surface area contributed by atoms with Crippen LogP contribution in [0.4, 0.5) is 0 Å². The molecule has 1 aromatic rings. The Balaban J connectivity index is 0.000000207. The molecule has 9 nitrogen and oxygen atoms in total. The first-order valence-electron chi connectivity index (χ1n) is 10.3. The van der Waals surface area contributed by atoms with Gasteiger partial charge in [-0.2, -0.15) is 5.26 Å². The number of ether oxygens (including phenoxy) is 2. The number of hydrogen-bond acceptors (Lipinski definition) is 7. The molecule has 168 valence electrons. The van der Waals surface area contributed by atoms with Crippen LogP contribution in [0.15, 0.2) is 24.3 Å². The van der Waals surface area contributed by atoms with Crippen molar-refractivity contribution in [1.82, 2.24) is 15.1 Å². The van der Waals surface area contributed by atoms with Crippen LogP contribution in [0.5, 0.6) is 5.75 Å². The van der Waals surface area contributed by atoms with Gasteiger partial charge in [-0.3, -0.25) is 14.4 Å². The van der Waals surface area contributed by atoms with E-state index in [-0.39, 0.29) is 23.9 Å². The standard InChI is InChI=1S/C12H19N3O2.C8H7NO.C2H4O2/c16-10(14-6-1-2-7-14)9-15-8-5-13-12(3-4-12)11(15)17;1-10-8-4-2-3-7(5-8)6-9;1-4-2-3/h13H,1-9H2;2-5H,1H3;2H,1H3. The van der Waals surface area contributed by atoms with E-state index in [2.05, 4.69) is 10.1 Å². The lowest BCUT2D eigenvalue weighted by atomic mass is 10.1. The van der Waals surface area contributed by atoms with Crippen LogP contribution in [0.3, 0.4) is 0 Å². The third kappa shape index (κ3) is 6.96. The summed E-state index contributed by atoms with van der Waals surface area (Å²) in [5, 5.41) is 11.7. The number of carbonyl (C=O) groups is 3. The molecule has 2 amide bonds. The minimum atomic E-state index is -0.288. The van der Waals surface area contributed by atoms with E-state index in [0.717, 1.165) is 51.1 Å². The van der Waals surface area contributed by atoms with Crippen molar-refractivity contribution in [3.05, 3.63) is 29.8 Å². The number of amides is 2. The Morgan fingerprint density at radius 3 is 2.48 bits per heavy atom. The van der Waals surface area contributed by atoms with Crippen molar-refractivity contribution < 1.29 is 23.9 Å². The van der Waals surface area contributed by atoms with E-state index in [9.17, 15) is 9.59 Å². The van der Waals surface area contributed by atoms with Gasteiger partial charge in [-0.05, 0) is 43.9 Å². The number of rotatable bonds is 4. The number of carbonyl (C=O) groups excluding carboxylic acids is 3. The average molecular weight is 431 g/mol. The number of benzene rings is 1. The second-order valence-corrected chi connectivity index (χ2v) is 7.50. The molecule has 0 unspecified atom stereocenters. The summed E-state index contributed by atoms with van der Waals surface area (Å²) in [5.41, 5.74) is 0.336. The smallest absolute Gasteiger partial charge is 0.292 e. The maximum atomic E-state index is 12.2. The van der Waals surface area contributed by atoms with Gasteiger partial charge >= 0.3 is 0 Å². The maximum Gasteiger partial charge on any atom is 0.292 e. The second kappa shape index (κ2) is 11.9. The molecule has 1 saturated carbocycles. The fourth-order valence-electron chi connectivity index (χ4n) is 3.50. The summed E-state index contributed by atoms with van der Waals surface area (Å²) in [6, 6.07) is 9.05. The summed E-state index contributed by atoms with van der Waals surface area (Å²) in [6.45, 7) is 3.87. The lowest BCUT2D eigenvalue weighted by Gasteiger charge is -2.33. The molecular formula is C22H30N4O5. The molecule has 3 aliphatic rings. The molecule has 1 spiro atoms. The number of nitrogens with one attached hydrogen (secondary N) is 1. The third-order valence-electron chi connectivity index (χ3n) is 5.37. The minimum Gasteiger partial charge on any atom is -0.497 e. The van der Waals surface area contributed by atoms with Gasteiger partial charge in [0.05, 0.1) is 37.9 Å². The van der Waals surface area contributed by atoms with Crippen LogP contribution in [0.25, 0.3) is 0 Å². The molecule has 1 aromatic carbocycles. The molecule has 0 atom stereocenters. The van der Waals surface area contributed by atoms with Crippen molar-refractivity contribution in [2.45, 2.75) is 31.2 Å². The molecule has 2 heterocycles. The highest BCUT2D eigenvalue weighted by Crippen LogP contribution is 2.38. The Labute approximate surface area is 182 Å². The van der Waals surface area contributed by atoms with E-state index >= 15 is 0 Å². The Kier molecular flexibility index (Phi) is 9.28. The Hall–Kier alpha value is -3.12. The van der Waals surface area contributed by atoms with Crippen molar-refractivity contribution in [1.29, 1.82) is 5.26 Å². The molecular weight excluding hydrogens is 400 g/mol. The fraction of sp³-hybridized carbons (Fsp3) is 0.545. The molecule has 31 heavy (non-hydrogen) atoms. The Bertz CT molecular complexity index is 797. The van der Waals surface area contributed by atoms with Crippen LogP contribution in [0.2, 0.25) is 0 Å².